The van der Waals surface area contributed by atoms with Crippen LogP contribution in [-0.2, 0) is 20.7 Å². The molecular formula is C21H33N3O3. The molecule has 2 rings (SSSR count). The average molecular weight is 376 g/mol. The van der Waals surface area contributed by atoms with E-state index < -0.39 is 0 Å². The lowest BCUT2D eigenvalue weighted by atomic mass is 10.1. The van der Waals surface area contributed by atoms with Crippen LogP contribution >= 0.6 is 0 Å². The van der Waals surface area contributed by atoms with Gasteiger partial charge in [-0.15, -0.1) is 0 Å². The quantitative estimate of drug-likeness (QED) is 0.683. The summed E-state index contributed by atoms with van der Waals surface area (Å²) >= 11 is 0. The van der Waals surface area contributed by atoms with Crippen LogP contribution < -0.4 is 5.32 Å². The molecule has 0 unspecified atom stereocenters. The van der Waals surface area contributed by atoms with Crippen molar-refractivity contribution in [2.24, 2.45) is 0 Å². The van der Waals surface area contributed by atoms with Gasteiger partial charge < -0.3 is 19.9 Å². The van der Waals surface area contributed by atoms with Gasteiger partial charge in [0.15, 0.2) is 0 Å². The van der Waals surface area contributed by atoms with Crippen LogP contribution in [0.1, 0.15) is 38.2 Å². The number of nitrogens with one attached hydrogen (secondary N) is 1. The van der Waals surface area contributed by atoms with Gasteiger partial charge in [-0.1, -0.05) is 19.1 Å². The van der Waals surface area contributed by atoms with Crippen LogP contribution in [0, 0.1) is 0 Å². The van der Waals surface area contributed by atoms with Crippen LogP contribution in [0.25, 0.3) is 0 Å². The van der Waals surface area contributed by atoms with E-state index in [0.29, 0.717) is 25.9 Å². The summed E-state index contributed by atoms with van der Waals surface area (Å²) in [5.41, 5.74) is 1.73. The zero-order chi connectivity index (χ0) is 19.6. The van der Waals surface area contributed by atoms with Crippen molar-refractivity contribution in [1.29, 1.82) is 0 Å². The van der Waals surface area contributed by atoms with Crippen LogP contribution in [0.5, 0.6) is 0 Å². The van der Waals surface area contributed by atoms with Gasteiger partial charge in [0.05, 0.1) is 12.5 Å². The number of amides is 2. The third-order valence-electron chi connectivity index (χ3n) is 4.69. The fourth-order valence-electron chi connectivity index (χ4n) is 3.12. The van der Waals surface area contributed by atoms with Crippen molar-refractivity contribution in [2.45, 2.75) is 45.1 Å². The van der Waals surface area contributed by atoms with Gasteiger partial charge in [-0.3, -0.25) is 9.59 Å². The summed E-state index contributed by atoms with van der Waals surface area (Å²) in [5.74, 6) is 0.142. The fourth-order valence-corrected chi connectivity index (χ4v) is 3.12. The average Bonchev–Trinajstić information content (AvgIpc) is 3.13. The first kappa shape index (κ1) is 21.4. The van der Waals surface area contributed by atoms with Gasteiger partial charge in [0.25, 0.3) is 0 Å². The highest BCUT2D eigenvalue weighted by Gasteiger charge is 2.22. The maximum atomic E-state index is 12.8. The molecule has 0 saturated carbocycles. The minimum absolute atomic E-state index is 0.0211. The standard InChI is InChI=1S/C21H33N3O3/c1-4-6-20(25)22-18-10-8-17(9-11-18)15-21(26)24(13-12-23(2)3)16-19-7-5-14-27-19/h8-11,19H,4-7,12-16H2,1-3H3,(H,22,25)/t19-/m0/s1. The van der Waals surface area contributed by atoms with Crippen LogP contribution in [0.4, 0.5) is 5.69 Å². The number of benzene rings is 1. The van der Waals surface area contributed by atoms with Crippen LogP contribution in [0.2, 0.25) is 0 Å². The Morgan fingerprint density at radius 3 is 2.52 bits per heavy atom. The number of nitrogens with zero attached hydrogens (tertiary/aromatic N) is 2. The van der Waals surface area contributed by atoms with Crippen LogP contribution in [0.3, 0.4) is 0 Å². The topological polar surface area (TPSA) is 61.9 Å². The fraction of sp³-hybridized carbons (Fsp3) is 0.619. The Morgan fingerprint density at radius 2 is 1.93 bits per heavy atom. The number of carbonyl (C=O) groups is 2. The van der Waals surface area contributed by atoms with Crippen molar-refractivity contribution in [3.05, 3.63) is 29.8 Å². The molecule has 150 valence electrons. The van der Waals surface area contributed by atoms with Crippen LogP contribution in [-0.4, -0.2) is 68.1 Å². The van der Waals surface area contributed by atoms with E-state index >= 15 is 0 Å². The summed E-state index contributed by atoms with van der Waals surface area (Å²) in [7, 11) is 4.03. The van der Waals surface area contributed by atoms with E-state index in [2.05, 4.69) is 10.2 Å². The molecule has 0 bridgehead atoms. The van der Waals surface area contributed by atoms with Crippen molar-refractivity contribution in [3.63, 3.8) is 0 Å². The van der Waals surface area contributed by atoms with E-state index in [4.69, 9.17) is 4.74 Å². The molecule has 1 atom stereocenters. The molecule has 1 heterocycles. The van der Waals surface area contributed by atoms with Gasteiger partial charge in [0, 0.05) is 38.3 Å². The summed E-state index contributed by atoms with van der Waals surface area (Å²) in [5, 5.41) is 2.87. The van der Waals surface area contributed by atoms with E-state index in [1.165, 1.54) is 0 Å². The molecule has 6 nitrogen and oxygen atoms in total. The molecular weight excluding hydrogens is 342 g/mol. The number of ether oxygens (including phenoxy) is 1. The summed E-state index contributed by atoms with van der Waals surface area (Å²) in [6.07, 6.45) is 3.97. The predicted molar refractivity (Wildman–Crippen MR) is 108 cm³/mol. The van der Waals surface area contributed by atoms with Gasteiger partial charge in [-0.05, 0) is 51.1 Å². The zero-order valence-corrected chi connectivity index (χ0v) is 16.9. The number of anilines is 1. The lowest BCUT2D eigenvalue weighted by molar-refractivity contribution is -0.132. The van der Waals surface area contributed by atoms with Crippen molar-refractivity contribution in [2.75, 3.05) is 45.7 Å². The van der Waals surface area contributed by atoms with Gasteiger partial charge in [-0.2, -0.15) is 0 Å². The molecule has 27 heavy (non-hydrogen) atoms. The molecule has 0 aromatic heterocycles. The normalized spacial score (nSPS) is 16.5. The second-order valence-electron chi connectivity index (χ2n) is 7.45. The van der Waals surface area contributed by atoms with Crippen molar-refractivity contribution in [3.8, 4) is 0 Å². The SMILES string of the molecule is CCCC(=O)Nc1ccc(CC(=O)N(CCN(C)C)C[C@@H]2CCCO2)cc1. The Bertz CT molecular complexity index is 595. The first-order valence-electron chi connectivity index (χ1n) is 9.90. The molecule has 0 radical (unpaired) electrons. The number of likely N-dealkylation sites (N-methyl/N-ethyl adjacent to an activating group) is 1. The van der Waals surface area contributed by atoms with Crippen molar-refractivity contribution >= 4 is 17.5 Å². The highest BCUT2D eigenvalue weighted by molar-refractivity contribution is 5.90. The Hall–Kier alpha value is -1.92. The molecule has 1 aliphatic rings. The first-order valence-corrected chi connectivity index (χ1v) is 9.90. The molecule has 1 aromatic carbocycles. The van der Waals surface area contributed by atoms with Gasteiger partial charge >= 0.3 is 0 Å². The van der Waals surface area contributed by atoms with Gasteiger partial charge in [-0.25, -0.2) is 0 Å². The van der Waals surface area contributed by atoms with E-state index in [9.17, 15) is 9.59 Å². The number of rotatable bonds is 10. The number of hydrogen-bond donors (Lipinski definition) is 1. The summed E-state index contributed by atoms with van der Waals surface area (Å²) in [6, 6.07) is 7.55. The smallest absolute Gasteiger partial charge is 0.227 e. The maximum Gasteiger partial charge on any atom is 0.227 e. The number of carbonyl (C=O) groups excluding carboxylic acids is 2. The summed E-state index contributed by atoms with van der Waals surface area (Å²) < 4.78 is 5.72. The van der Waals surface area contributed by atoms with E-state index in [0.717, 1.165) is 43.7 Å². The third-order valence-corrected chi connectivity index (χ3v) is 4.69. The van der Waals surface area contributed by atoms with E-state index in [1.54, 1.807) is 0 Å². The van der Waals surface area contributed by atoms with Crippen molar-refractivity contribution < 1.29 is 14.3 Å². The Balaban J connectivity index is 1.92. The minimum atomic E-state index is 0.0211. The lowest BCUT2D eigenvalue weighted by Gasteiger charge is -2.27. The van der Waals surface area contributed by atoms with Gasteiger partial charge in [0.2, 0.25) is 11.8 Å². The molecule has 0 aliphatic carbocycles. The van der Waals surface area contributed by atoms with Crippen molar-refractivity contribution in [1.82, 2.24) is 9.80 Å². The largest absolute Gasteiger partial charge is 0.376 e. The Labute approximate surface area is 162 Å². The predicted octanol–water partition coefficient (Wildman–Crippen LogP) is 2.54. The molecule has 1 fully saturated rings. The molecule has 0 spiro atoms. The first-order chi connectivity index (χ1) is 13.0. The zero-order valence-electron chi connectivity index (χ0n) is 16.9. The third kappa shape index (κ3) is 7.69. The molecule has 2 amide bonds. The highest BCUT2D eigenvalue weighted by atomic mass is 16.5. The number of hydrogen-bond acceptors (Lipinski definition) is 4. The van der Waals surface area contributed by atoms with Crippen LogP contribution in [0.15, 0.2) is 24.3 Å². The Kier molecular flexibility index (Phi) is 8.75. The molecule has 6 heteroatoms. The van der Waals surface area contributed by atoms with Gasteiger partial charge in [0.1, 0.15) is 0 Å². The summed E-state index contributed by atoms with van der Waals surface area (Å²) in [4.78, 5) is 28.5. The molecule has 1 aromatic rings. The molecule has 1 aliphatic heterocycles. The Morgan fingerprint density at radius 1 is 1.19 bits per heavy atom. The van der Waals surface area contributed by atoms with E-state index in [1.807, 2.05) is 50.2 Å². The second kappa shape index (κ2) is 11.0. The summed E-state index contributed by atoms with van der Waals surface area (Å²) in [6.45, 7) is 4.98. The minimum Gasteiger partial charge on any atom is -0.376 e. The molecule has 1 saturated heterocycles. The van der Waals surface area contributed by atoms with E-state index in [-0.39, 0.29) is 17.9 Å². The maximum absolute atomic E-state index is 12.8. The lowest BCUT2D eigenvalue weighted by Crippen LogP contribution is -2.42. The monoisotopic (exact) mass is 375 g/mol. The second-order valence-corrected chi connectivity index (χ2v) is 7.45. The highest BCUT2D eigenvalue weighted by Crippen LogP contribution is 2.15. The molecule has 1 N–H and O–H groups in total.